The smallest absolute Gasteiger partial charge is 0.248 e. The third-order valence-electron chi connectivity index (χ3n) is 1.71. The number of rotatable bonds is 3. The van der Waals surface area contributed by atoms with Crippen molar-refractivity contribution in [1.82, 2.24) is 0 Å². The minimum Gasteiger partial charge on any atom is -0.494 e. The summed E-state index contributed by atoms with van der Waals surface area (Å²) in [5.41, 5.74) is 16.3. The van der Waals surface area contributed by atoms with Crippen LogP contribution in [0.25, 0.3) is 0 Å². The van der Waals surface area contributed by atoms with Gasteiger partial charge in [-0.05, 0) is 18.2 Å². The monoisotopic (exact) mass is 244 g/mol. The molecule has 16 heavy (non-hydrogen) atoms. The van der Waals surface area contributed by atoms with Crippen molar-refractivity contribution in [2.75, 3.05) is 7.11 Å². The van der Waals surface area contributed by atoms with Crippen LogP contribution in [0.3, 0.4) is 0 Å². The fourth-order valence-electron chi connectivity index (χ4n) is 1.06. The Bertz CT molecular complexity index is 416. The van der Waals surface area contributed by atoms with Gasteiger partial charge in [-0.1, -0.05) is 0 Å². The highest BCUT2D eigenvalue weighted by Crippen LogP contribution is 2.27. The van der Waals surface area contributed by atoms with E-state index in [1.165, 1.54) is 19.2 Å². The van der Waals surface area contributed by atoms with E-state index >= 15 is 0 Å². The number of guanidine groups is 1. The van der Waals surface area contributed by atoms with Crippen LogP contribution >= 0.6 is 12.4 Å². The molecule has 0 heterocycles. The molecule has 0 saturated carbocycles. The molecule has 0 aromatic heterocycles. The Morgan fingerprint density at radius 2 is 1.94 bits per heavy atom. The van der Waals surface area contributed by atoms with E-state index in [0.717, 1.165) is 0 Å². The van der Waals surface area contributed by atoms with Gasteiger partial charge < -0.3 is 21.9 Å². The molecule has 1 rings (SSSR count). The molecule has 0 radical (unpaired) electrons. The summed E-state index contributed by atoms with van der Waals surface area (Å²) in [5, 5.41) is 0. The highest BCUT2D eigenvalue weighted by atomic mass is 35.5. The van der Waals surface area contributed by atoms with E-state index in [9.17, 15) is 4.79 Å². The van der Waals surface area contributed by atoms with Gasteiger partial charge >= 0.3 is 0 Å². The molecular weight excluding hydrogens is 232 g/mol. The molecule has 0 fully saturated rings. The van der Waals surface area contributed by atoms with Crippen LogP contribution in [-0.2, 0) is 0 Å². The van der Waals surface area contributed by atoms with Crippen molar-refractivity contribution < 1.29 is 9.53 Å². The molecular formula is C9H13ClN4O2. The van der Waals surface area contributed by atoms with E-state index in [4.69, 9.17) is 21.9 Å². The molecule has 1 aromatic rings. The summed E-state index contributed by atoms with van der Waals surface area (Å²) in [4.78, 5) is 14.7. The van der Waals surface area contributed by atoms with Gasteiger partial charge in [-0.2, -0.15) is 0 Å². The molecule has 0 spiro atoms. The topological polar surface area (TPSA) is 117 Å². The molecule has 0 bridgehead atoms. The Hall–Kier alpha value is -1.95. The molecule has 0 aliphatic heterocycles. The molecule has 0 saturated heterocycles. The van der Waals surface area contributed by atoms with Crippen LogP contribution in [0.5, 0.6) is 5.75 Å². The van der Waals surface area contributed by atoms with Gasteiger partial charge in [0.25, 0.3) is 0 Å². The lowest BCUT2D eigenvalue weighted by Gasteiger charge is -2.05. The van der Waals surface area contributed by atoms with Gasteiger partial charge in [-0.15, -0.1) is 12.4 Å². The quantitative estimate of drug-likeness (QED) is 0.517. The standard InChI is InChI=1S/C9H12N4O2.ClH/c1-15-7-4-5(8(10)14)2-3-6(7)13-9(11)12;/h2-4H,1H3,(H2,10,14)(H4,11,12,13);1H. The van der Waals surface area contributed by atoms with Gasteiger partial charge in [0.15, 0.2) is 5.96 Å². The van der Waals surface area contributed by atoms with Crippen LogP contribution in [0.1, 0.15) is 10.4 Å². The van der Waals surface area contributed by atoms with Gasteiger partial charge in [0.2, 0.25) is 5.91 Å². The maximum atomic E-state index is 10.9. The van der Waals surface area contributed by atoms with E-state index in [-0.39, 0.29) is 18.4 Å². The number of aliphatic imine (C=N–C) groups is 1. The first-order valence-corrected chi connectivity index (χ1v) is 4.12. The number of carbonyl (C=O) groups excluding carboxylic acids is 1. The normalized spacial score (nSPS) is 8.81. The number of nitrogens with zero attached hydrogens (tertiary/aromatic N) is 1. The average molecular weight is 245 g/mol. The average Bonchev–Trinajstić information content (AvgIpc) is 2.17. The van der Waals surface area contributed by atoms with Crippen LogP contribution in [-0.4, -0.2) is 19.0 Å². The van der Waals surface area contributed by atoms with Crippen molar-refractivity contribution in [3.8, 4) is 5.75 Å². The maximum absolute atomic E-state index is 10.9. The number of methoxy groups -OCH3 is 1. The molecule has 0 atom stereocenters. The van der Waals surface area contributed by atoms with Gasteiger partial charge in [-0.3, -0.25) is 4.79 Å². The van der Waals surface area contributed by atoms with E-state index in [0.29, 0.717) is 17.0 Å². The zero-order chi connectivity index (χ0) is 11.4. The van der Waals surface area contributed by atoms with Crippen LogP contribution < -0.4 is 21.9 Å². The number of benzene rings is 1. The first kappa shape index (κ1) is 14.1. The molecule has 1 amide bonds. The summed E-state index contributed by atoms with van der Waals surface area (Å²) >= 11 is 0. The summed E-state index contributed by atoms with van der Waals surface area (Å²) < 4.78 is 5.01. The van der Waals surface area contributed by atoms with Gasteiger partial charge in [0, 0.05) is 5.56 Å². The molecule has 88 valence electrons. The van der Waals surface area contributed by atoms with E-state index in [2.05, 4.69) is 4.99 Å². The maximum Gasteiger partial charge on any atom is 0.248 e. The van der Waals surface area contributed by atoms with Gasteiger partial charge in [0.05, 0.1) is 7.11 Å². The van der Waals surface area contributed by atoms with E-state index in [1.54, 1.807) is 6.07 Å². The largest absolute Gasteiger partial charge is 0.494 e. The summed E-state index contributed by atoms with van der Waals surface area (Å²) in [6, 6.07) is 4.55. The van der Waals surface area contributed by atoms with Crippen LogP contribution in [0.2, 0.25) is 0 Å². The Labute approximate surface area is 98.9 Å². The second-order valence-electron chi connectivity index (χ2n) is 2.79. The third kappa shape index (κ3) is 3.32. The minimum atomic E-state index is -0.537. The Morgan fingerprint density at radius 3 is 2.38 bits per heavy atom. The fraction of sp³-hybridized carbons (Fsp3) is 0.111. The lowest BCUT2D eigenvalue weighted by Crippen LogP contribution is -2.22. The minimum absolute atomic E-state index is 0. The molecule has 0 aliphatic rings. The van der Waals surface area contributed by atoms with Crippen molar-refractivity contribution in [2.45, 2.75) is 0 Å². The first-order valence-electron chi connectivity index (χ1n) is 4.12. The molecule has 1 aromatic carbocycles. The number of hydrogen-bond donors (Lipinski definition) is 3. The summed E-state index contributed by atoms with van der Waals surface area (Å²) in [6.07, 6.45) is 0. The van der Waals surface area contributed by atoms with Crippen molar-refractivity contribution in [3.63, 3.8) is 0 Å². The summed E-state index contributed by atoms with van der Waals surface area (Å²) in [7, 11) is 1.45. The lowest BCUT2D eigenvalue weighted by atomic mass is 10.2. The van der Waals surface area contributed by atoms with E-state index in [1.807, 2.05) is 0 Å². The predicted molar refractivity (Wildman–Crippen MR) is 64.2 cm³/mol. The van der Waals surface area contributed by atoms with Gasteiger partial charge in [-0.25, -0.2) is 4.99 Å². The number of amides is 1. The Balaban J connectivity index is 0.00000225. The van der Waals surface area contributed by atoms with Crippen LogP contribution in [0.4, 0.5) is 5.69 Å². The molecule has 6 N–H and O–H groups in total. The van der Waals surface area contributed by atoms with Crippen molar-refractivity contribution in [3.05, 3.63) is 23.8 Å². The number of halogens is 1. The fourth-order valence-corrected chi connectivity index (χ4v) is 1.06. The summed E-state index contributed by atoms with van der Waals surface area (Å²) in [6.45, 7) is 0. The lowest BCUT2D eigenvalue weighted by molar-refractivity contribution is 0.1000. The van der Waals surface area contributed by atoms with Crippen molar-refractivity contribution in [1.29, 1.82) is 0 Å². The predicted octanol–water partition coefficient (Wildman–Crippen LogP) is 0.121. The van der Waals surface area contributed by atoms with Gasteiger partial charge in [0.1, 0.15) is 11.4 Å². The second kappa shape index (κ2) is 5.82. The zero-order valence-corrected chi connectivity index (χ0v) is 9.45. The number of primary amides is 1. The van der Waals surface area contributed by atoms with Crippen molar-refractivity contribution in [2.24, 2.45) is 22.2 Å². The number of hydrogen-bond acceptors (Lipinski definition) is 3. The van der Waals surface area contributed by atoms with Crippen molar-refractivity contribution >= 4 is 30.0 Å². The molecule has 6 nitrogen and oxygen atoms in total. The second-order valence-corrected chi connectivity index (χ2v) is 2.79. The SMILES string of the molecule is COc1cc(C(N)=O)ccc1N=C(N)N.Cl. The van der Waals surface area contributed by atoms with Crippen LogP contribution in [0, 0.1) is 0 Å². The Kier molecular flexibility index (Phi) is 5.11. The number of carbonyl (C=O) groups is 1. The highest BCUT2D eigenvalue weighted by Gasteiger charge is 2.06. The first-order chi connectivity index (χ1) is 7.04. The highest BCUT2D eigenvalue weighted by molar-refractivity contribution is 5.94. The van der Waals surface area contributed by atoms with Crippen LogP contribution in [0.15, 0.2) is 23.2 Å². The number of ether oxygens (including phenoxy) is 1. The molecule has 0 aliphatic carbocycles. The third-order valence-corrected chi connectivity index (χ3v) is 1.71. The summed E-state index contributed by atoms with van der Waals surface area (Å²) in [5.74, 6) is -0.232. The number of nitrogens with two attached hydrogens (primary N) is 3. The Morgan fingerprint density at radius 1 is 1.31 bits per heavy atom. The van der Waals surface area contributed by atoms with E-state index < -0.39 is 5.91 Å². The molecule has 0 unspecified atom stereocenters. The molecule has 7 heteroatoms. The zero-order valence-electron chi connectivity index (χ0n) is 8.64.